The quantitative estimate of drug-likeness (QED) is 0.794. The van der Waals surface area contributed by atoms with Crippen molar-refractivity contribution in [3.8, 4) is 0 Å². The van der Waals surface area contributed by atoms with Crippen LogP contribution in [0.25, 0.3) is 0 Å². The number of halogens is 1. The van der Waals surface area contributed by atoms with E-state index >= 15 is 0 Å². The first-order valence-electron chi connectivity index (χ1n) is 8.44. The standard InChI is InChI=1S/C17H23BrN2O3S/c1-19-24(21,22)14-8-7-13(9-12-5-3-2-4-6-12)15(10-14)16-11-17(18)20-23-16/h7-8,10,12,16,19H,2-6,9,11H2,1H3. The largest absolute Gasteiger partial charge is 0.386 e. The number of benzene rings is 1. The number of hydrogen-bond acceptors (Lipinski definition) is 4. The molecule has 0 amide bonds. The Morgan fingerprint density at radius 2 is 2.04 bits per heavy atom. The molecule has 0 saturated heterocycles. The van der Waals surface area contributed by atoms with Crippen molar-refractivity contribution in [2.45, 2.75) is 55.9 Å². The van der Waals surface area contributed by atoms with Crippen LogP contribution in [0.5, 0.6) is 0 Å². The molecular weight excluding hydrogens is 392 g/mol. The van der Waals surface area contributed by atoms with E-state index in [0.717, 1.165) is 16.6 Å². The summed E-state index contributed by atoms with van der Waals surface area (Å²) in [6.45, 7) is 0. The SMILES string of the molecule is CNS(=O)(=O)c1ccc(CC2CCCCC2)c(C2CC(Br)=NO2)c1. The third-order valence-corrected chi connectivity index (χ3v) is 6.79. The van der Waals surface area contributed by atoms with E-state index in [1.165, 1.54) is 44.7 Å². The molecule has 0 spiro atoms. The van der Waals surface area contributed by atoms with Gasteiger partial charge in [0.05, 0.1) is 4.90 Å². The second kappa shape index (κ2) is 7.54. The minimum atomic E-state index is -3.47. The maximum absolute atomic E-state index is 12.1. The molecule has 1 fully saturated rings. The molecule has 1 aromatic carbocycles. The molecule has 1 aliphatic heterocycles. The first-order valence-corrected chi connectivity index (χ1v) is 10.7. The van der Waals surface area contributed by atoms with E-state index < -0.39 is 10.0 Å². The minimum Gasteiger partial charge on any atom is -0.386 e. The van der Waals surface area contributed by atoms with Crippen LogP contribution in [0.3, 0.4) is 0 Å². The summed E-state index contributed by atoms with van der Waals surface area (Å²) < 4.78 is 27.4. The monoisotopic (exact) mass is 414 g/mol. The number of nitrogens with zero attached hydrogens (tertiary/aromatic N) is 1. The fraction of sp³-hybridized carbons (Fsp3) is 0.588. The lowest BCUT2D eigenvalue weighted by molar-refractivity contribution is 0.0847. The Kier molecular flexibility index (Phi) is 5.62. The molecule has 1 aliphatic carbocycles. The lowest BCUT2D eigenvalue weighted by Crippen LogP contribution is -2.19. The van der Waals surface area contributed by atoms with E-state index in [1.807, 2.05) is 6.07 Å². The highest BCUT2D eigenvalue weighted by molar-refractivity contribution is 9.18. The van der Waals surface area contributed by atoms with Gasteiger partial charge in [0.15, 0.2) is 6.10 Å². The third-order valence-electron chi connectivity index (χ3n) is 4.91. The van der Waals surface area contributed by atoms with Crippen molar-refractivity contribution < 1.29 is 13.3 Å². The summed E-state index contributed by atoms with van der Waals surface area (Å²) >= 11 is 3.37. The summed E-state index contributed by atoms with van der Waals surface area (Å²) in [4.78, 5) is 5.79. The second-order valence-corrected chi connectivity index (χ2v) is 9.34. The molecule has 24 heavy (non-hydrogen) atoms. The Bertz CT molecular complexity index is 727. The second-order valence-electron chi connectivity index (χ2n) is 6.54. The molecule has 5 nitrogen and oxygen atoms in total. The van der Waals surface area contributed by atoms with Gasteiger partial charge < -0.3 is 4.84 Å². The van der Waals surface area contributed by atoms with Crippen molar-refractivity contribution >= 4 is 30.6 Å². The molecule has 1 heterocycles. The Morgan fingerprint density at radius 1 is 1.29 bits per heavy atom. The minimum absolute atomic E-state index is 0.218. The number of rotatable bonds is 5. The first kappa shape index (κ1) is 17.9. The fourth-order valence-corrected chi connectivity index (χ4v) is 4.70. The Balaban J connectivity index is 1.91. The van der Waals surface area contributed by atoms with Gasteiger partial charge in [-0.1, -0.05) is 43.3 Å². The Hall–Kier alpha value is -0.920. The predicted molar refractivity (Wildman–Crippen MR) is 97.8 cm³/mol. The molecule has 2 aliphatic rings. The van der Waals surface area contributed by atoms with Crippen LogP contribution in [0.1, 0.15) is 55.8 Å². The molecule has 7 heteroatoms. The van der Waals surface area contributed by atoms with Crippen LogP contribution in [0, 0.1) is 5.92 Å². The van der Waals surface area contributed by atoms with Gasteiger partial charge in [-0.3, -0.25) is 0 Å². The van der Waals surface area contributed by atoms with Crippen LogP contribution < -0.4 is 4.72 Å². The molecule has 0 aromatic heterocycles. The molecule has 1 unspecified atom stereocenters. The summed E-state index contributed by atoms with van der Waals surface area (Å²) in [7, 11) is -2.04. The van der Waals surface area contributed by atoms with E-state index in [4.69, 9.17) is 4.84 Å². The lowest BCUT2D eigenvalue weighted by atomic mass is 9.83. The van der Waals surface area contributed by atoms with Crippen LogP contribution in [0.2, 0.25) is 0 Å². The van der Waals surface area contributed by atoms with E-state index in [9.17, 15) is 8.42 Å². The highest BCUT2D eigenvalue weighted by atomic mass is 79.9. The van der Waals surface area contributed by atoms with Crippen molar-refractivity contribution in [3.63, 3.8) is 0 Å². The van der Waals surface area contributed by atoms with E-state index in [0.29, 0.717) is 12.3 Å². The first-order chi connectivity index (χ1) is 11.5. The summed E-state index contributed by atoms with van der Waals surface area (Å²) in [6.07, 6.45) is 7.82. The van der Waals surface area contributed by atoms with E-state index in [2.05, 4.69) is 25.8 Å². The van der Waals surface area contributed by atoms with Crippen LogP contribution in [-0.2, 0) is 21.3 Å². The highest BCUT2D eigenvalue weighted by Crippen LogP contribution is 2.35. The zero-order valence-corrected chi connectivity index (χ0v) is 16.2. The molecule has 1 saturated carbocycles. The van der Waals surface area contributed by atoms with Crippen molar-refractivity contribution in [2.24, 2.45) is 11.1 Å². The van der Waals surface area contributed by atoms with Crippen molar-refractivity contribution in [1.82, 2.24) is 4.72 Å². The maximum atomic E-state index is 12.1. The summed E-state index contributed by atoms with van der Waals surface area (Å²) in [5, 5.41) is 3.96. The van der Waals surface area contributed by atoms with Crippen LogP contribution >= 0.6 is 15.9 Å². The zero-order valence-electron chi connectivity index (χ0n) is 13.8. The number of nitrogens with one attached hydrogen (secondary N) is 1. The lowest BCUT2D eigenvalue weighted by Gasteiger charge is -2.24. The smallest absolute Gasteiger partial charge is 0.240 e. The summed E-state index contributed by atoms with van der Waals surface area (Å²) in [5.74, 6) is 0.676. The highest BCUT2D eigenvalue weighted by Gasteiger charge is 2.27. The maximum Gasteiger partial charge on any atom is 0.240 e. The van der Waals surface area contributed by atoms with Gasteiger partial charge in [0.1, 0.15) is 4.62 Å². The molecule has 0 radical (unpaired) electrons. The van der Waals surface area contributed by atoms with Crippen LogP contribution in [0.15, 0.2) is 28.3 Å². The molecular formula is C17H23BrN2O3S. The van der Waals surface area contributed by atoms with E-state index in [-0.39, 0.29) is 11.0 Å². The van der Waals surface area contributed by atoms with Crippen molar-refractivity contribution in [2.75, 3.05) is 7.05 Å². The number of hydrogen-bond donors (Lipinski definition) is 1. The predicted octanol–water partition coefficient (Wildman–Crippen LogP) is 3.89. The van der Waals surface area contributed by atoms with E-state index in [1.54, 1.807) is 12.1 Å². The van der Waals surface area contributed by atoms with Gasteiger partial charge in [0, 0.05) is 12.0 Å². The van der Waals surface area contributed by atoms with Crippen LogP contribution in [0.4, 0.5) is 0 Å². The average molecular weight is 415 g/mol. The van der Waals surface area contributed by atoms with Crippen molar-refractivity contribution in [3.05, 3.63) is 29.3 Å². The number of sulfonamides is 1. The topological polar surface area (TPSA) is 67.8 Å². The molecule has 3 rings (SSSR count). The molecule has 1 N–H and O–H groups in total. The molecule has 132 valence electrons. The van der Waals surface area contributed by atoms with Gasteiger partial charge in [0.25, 0.3) is 0 Å². The van der Waals surface area contributed by atoms with Gasteiger partial charge in [-0.05, 0) is 53.0 Å². The summed E-state index contributed by atoms with van der Waals surface area (Å²) in [5.41, 5.74) is 2.12. The van der Waals surface area contributed by atoms with Gasteiger partial charge in [-0.2, -0.15) is 0 Å². The molecule has 0 bridgehead atoms. The fourth-order valence-electron chi connectivity index (χ4n) is 3.56. The zero-order chi connectivity index (χ0) is 17.2. The van der Waals surface area contributed by atoms with Gasteiger partial charge in [-0.15, -0.1) is 0 Å². The normalized spacial score (nSPS) is 22.2. The van der Waals surface area contributed by atoms with Crippen molar-refractivity contribution in [1.29, 1.82) is 0 Å². The van der Waals surface area contributed by atoms with Gasteiger partial charge in [-0.25, -0.2) is 13.1 Å². The van der Waals surface area contributed by atoms with Crippen LogP contribution in [-0.4, -0.2) is 20.1 Å². The molecule has 1 atom stereocenters. The summed E-state index contributed by atoms with van der Waals surface area (Å²) in [6, 6.07) is 5.39. The average Bonchev–Trinajstić information content (AvgIpc) is 3.02. The Morgan fingerprint density at radius 3 is 2.67 bits per heavy atom. The Labute approximate surface area is 152 Å². The third kappa shape index (κ3) is 4.00. The number of oxime groups is 1. The van der Waals surface area contributed by atoms with Gasteiger partial charge in [0.2, 0.25) is 10.0 Å². The van der Waals surface area contributed by atoms with Gasteiger partial charge >= 0.3 is 0 Å². The molecule has 1 aromatic rings.